The van der Waals surface area contributed by atoms with Crippen LogP contribution in [0.25, 0.3) is 10.9 Å². The molecule has 5 heteroatoms. The average molecular weight is 434 g/mol. The van der Waals surface area contributed by atoms with Gasteiger partial charge in [-0.1, -0.05) is 37.8 Å². The van der Waals surface area contributed by atoms with Crippen molar-refractivity contribution in [2.75, 3.05) is 0 Å². The molecule has 2 aromatic rings. The quantitative estimate of drug-likeness (QED) is 0.630. The molecule has 0 spiro atoms. The number of hydrogen-bond acceptors (Lipinski definition) is 4. The topological polar surface area (TPSA) is 55.2 Å². The molecular formula is C27H35N3O2. The summed E-state index contributed by atoms with van der Waals surface area (Å²) in [6.07, 6.45) is 14.2. The summed E-state index contributed by atoms with van der Waals surface area (Å²) in [4.78, 5) is 33.6. The van der Waals surface area contributed by atoms with Crippen LogP contribution in [0.4, 0.5) is 0 Å². The molecule has 6 atom stereocenters. The second-order valence-electron chi connectivity index (χ2n) is 11.0. The van der Waals surface area contributed by atoms with Gasteiger partial charge in [-0.3, -0.25) is 19.1 Å². The number of carbonyl (C=O) groups excluding carboxylic acids is 1. The average Bonchev–Trinajstić information content (AvgIpc) is 2.78. The summed E-state index contributed by atoms with van der Waals surface area (Å²) in [6, 6.07) is 9.34. The van der Waals surface area contributed by atoms with Crippen molar-refractivity contribution in [3.8, 4) is 0 Å². The summed E-state index contributed by atoms with van der Waals surface area (Å²) < 4.78 is 1.78. The van der Waals surface area contributed by atoms with Gasteiger partial charge in [0.1, 0.15) is 0 Å². The molecule has 2 saturated heterocycles. The van der Waals surface area contributed by atoms with Gasteiger partial charge in [-0.2, -0.15) is 0 Å². The van der Waals surface area contributed by atoms with Crippen molar-refractivity contribution in [2.24, 2.45) is 11.8 Å². The first-order valence-electron chi connectivity index (χ1n) is 12.9. The number of rotatable bonds is 3. The second kappa shape index (κ2) is 8.09. The van der Waals surface area contributed by atoms with Gasteiger partial charge >= 0.3 is 0 Å². The Morgan fingerprint density at radius 3 is 2.19 bits per heavy atom. The van der Waals surface area contributed by atoms with Crippen molar-refractivity contribution in [1.29, 1.82) is 0 Å². The molecule has 1 aromatic carbocycles. The zero-order chi connectivity index (χ0) is 21.8. The van der Waals surface area contributed by atoms with Crippen LogP contribution >= 0.6 is 0 Å². The van der Waals surface area contributed by atoms with Gasteiger partial charge in [0, 0.05) is 31.1 Å². The van der Waals surface area contributed by atoms with Crippen molar-refractivity contribution in [1.82, 2.24) is 14.5 Å². The summed E-state index contributed by atoms with van der Waals surface area (Å²) in [5.74, 6) is 2.10. The minimum absolute atomic E-state index is 0.0375. The number of benzene rings is 1. The van der Waals surface area contributed by atoms with E-state index in [1.807, 2.05) is 24.3 Å². The van der Waals surface area contributed by atoms with Gasteiger partial charge in [-0.05, 0) is 68.9 Å². The summed E-state index contributed by atoms with van der Waals surface area (Å²) in [5.41, 5.74) is 0.592. The molecule has 4 aliphatic rings. The highest BCUT2D eigenvalue weighted by Gasteiger charge is 2.45. The van der Waals surface area contributed by atoms with Gasteiger partial charge in [0.25, 0.3) is 5.56 Å². The first-order valence-corrected chi connectivity index (χ1v) is 12.9. The van der Waals surface area contributed by atoms with E-state index >= 15 is 0 Å². The normalized spacial score (nSPS) is 35.0. The summed E-state index contributed by atoms with van der Waals surface area (Å²) in [6.45, 7) is 1.55. The Balaban J connectivity index is 1.34. The third kappa shape index (κ3) is 3.44. The molecule has 4 bridgehead atoms. The Kier molecular flexibility index (Phi) is 5.20. The summed E-state index contributed by atoms with van der Waals surface area (Å²) in [5, 5.41) is 0.630. The lowest BCUT2D eigenvalue weighted by Crippen LogP contribution is -2.58. The Hall–Kier alpha value is -2.01. The van der Waals surface area contributed by atoms with Crippen LogP contribution < -0.4 is 5.56 Å². The van der Waals surface area contributed by atoms with E-state index in [-0.39, 0.29) is 17.4 Å². The monoisotopic (exact) mass is 433 g/mol. The Bertz CT molecular complexity index is 1070. The Morgan fingerprint density at radius 2 is 1.50 bits per heavy atom. The lowest BCUT2D eigenvalue weighted by molar-refractivity contribution is -0.0493. The molecule has 2 aliphatic heterocycles. The van der Waals surface area contributed by atoms with Gasteiger partial charge in [0.2, 0.25) is 0 Å². The number of aromatic nitrogens is 2. The van der Waals surface area contributed by atoms with E-state index in [1.165, 1.54) is 57.8 Å². The molecule has 2 aliphatic carbocycles. The molecule has 1 aromatic heterocycles. The fourth-order valence-corrected chi connectivity index (χ4v) is 7.87. The van der Waals surface area contributed by atoms with Crippen LogP contribution in [-0.2, 0) is 0 Å². The molecule has 4 fully saturated rings. The Morgan fingerprint density at radius 1 is 0.844 bits per heavy atom. The van der Waals surface area contributed by atoms with Crippen molar-refractivity contribution >= 4 is 16.7 Å². The molecular weight excluding hydrogens is 398 g/mol. The lowest BCUT2D eigenvalue weighted by atomic mass is 9.68. The van der Waals surface area contributed by atoms with E-state index in [0.717, 1.165) is 30.7 Å². The van der Waals surface area contributed by atoms with Crippen LogP contribution in [0.5, 0.6) is 0 Å². The SMILES string of the molecule is CC(=O)c1nc2ccccc2c(=O)n1C1C[C@H]2CCC[C@@H](C1)N2C1C[C@H]2CCC[C@@H](C1)C2. The molecule has 5 nitrogen and oxygen atoms in total. The highest BCUT2D eigenvalue weighted by molar-refractivity contribution is 5.92. The smallest absolute Gasteiger partial charge is 0.261 e. The second-order valence-corrected chi connectivity index (χ2v) is 11.0. The maximum Gasteiger partial charge on any atom is 0.261 e. The Labute approximate surface area is 190 Å². The minimum atomic E-state index is -0.111. The van der Waals surface area contributed by atoms with Crippen LogP contribution in [0.3, 0.4) is 0 Å². The largest absolute Gasteiger partial charge is 0.294 e. The third-order valence-corrected chi connectivity index (χ3v) is 9.02. The van der Waals surface area contributed by atoms with E-state index in [2.05, 4.69) is 9.88 Å². The molecule has 3 heterocycles. The van der Waals surface area contributed by atoms with Crippen LogP contribution in [-0.4, -0.2) is 38.4 Å². The van der Waals surface area contributed by atoms with Gasteiger partial charge in [0.05, 0.1) is 10.9 Å². The number of piperidine rings is 2. The number of fused-ring (bicyclic) bond motifs is 5. The van der Waals surface area contributed by atoms with Crippen LogP contribution in [0, 0.1) is 11.8 Å². The van der Waals surface area contributed by atoms with Gasteiger partial charge in [-0.25, -0.2) is 4.98 Å². The van der Waals surface area contributed by atoms with Crippen molar-refractivity contribution in [3.05, 3.63) is 40.4 Å². The van der Waals surface area contributed by atoms with E-state index in [0.29, 0.717) is 28.8 Å². The molecule has 6 rings (SSSR count). The van der Waals surface area contributed by atoms with E-state index in [4.69, 9.17) is 0 Å². The number of nitrogens with zero attached hydrogens (tertiary/aromatic N) is 3. The van der Waals surface area contributed by atoms with E-state index in [1.54, 1.807) is 11.5 Å². The number of Topliss-reactive ketones (excluding diaryl/α,β-unsaturated/α-hetero) is 1. The fourth-order valence-electron chi connectivity index (χ4n) is 7.87. The maximum atomic E-state index is 13.5. The minimum Gasteiger partial charge on any atom is -0.294 e. The molecule has 0 N–H and O–H groups in total. The van der Waals surface area contributed by atoms with Gasteiger partial charge in [-0.15, -0.1) is 0 Å². The first-order chi connectivity index (χ1) is 15.6. The zero-order valence-electron chi connectivity index (χ0n) is 19.2. The van der Waals surface area contributed by atoms with Gasteiger partial charge in [0.15, 0.2) is 11.6 Å². The van der Waals surface area contributed by atoms with Crippen LogP contribution in [0.1, 0.15) is 94.2 Å². The third-order valence-electron chi connectivity index (χ3n) is 9.02. The number of hydrogen-bond donors (Lipinski definition) is 0. The molecule has 2 unspecified atom stereocenters. The number of ketones is 1. The molecule has 0 radical (unpaired) electrons. The van der Waals surface area contributed by atoms with E-state index in [9.17, 15) is 9.59 Å². The fraction of sp³-hybridized carbons (Fsp3) is 0.667. The van der Waals surface area contributed by atoms with Crippen molar-refractivity contribution < 1.29 is 4.79 Å². The van der Waals surface area contributed by atoms with Crippen LogP contribution in [0.2, 0.25) is 0 Å². The molecule has 170 valence electrons. The standard InChI is InChI=1S/C27H35N3O2/c1-17(31)26-28-25-11-3-2-10-24(25)27(32)30(26)23-15-20-8-5-9-21(16-23)29(20)22-13-18-6-4-7-19(12-18)14-22/h2-3,10-11,18-23H,4-9,12-16H2,1H3/t18-,19+,20-,21+,22?,23?. The predicted octanol–water partition coefficient (Wildman–Crippen LogP) is 5.13. The van der Waals surface area contributed by atoms with Gasteiger partial charge < -0.3 is 0 Å². The van der Waals surface area contributed by atoms with Crippen molar-refractivity contribution in [3.63, 3.8) is 0 Å². The molecule has 0 amide bonds. The molecule has 2 saturated carbocycles. The maximum absolute atomic E-state index is 13.5. The van der Waals surface area contributed by atoms with Crippen LogP contribution in [0.15, 0.2) is 29.1 Å². The summed E-state index contributed by atoms with van der Waals surface area (Å²) in [7, 11) is 0. The number of carbonyl (C=O) groups is 1. The van der Waals surface area contributed by atoms with Crippen molar-refractivity contribution in [2.45, 2.75) is 102 Å². The molecule has 32 heavy (non-hydrogen) atoms. The highest BCUT2D eigenvalue weighted by Crippen LogP contribution is 2.47. The highest BCUT2D eigenvalue weighted by atomic mass is 16.1. The predicted molar refractivity (Wildman–Crippen MR) is 126 cm³/mol. The van der Waals surface area contributed by atoms with E-state index < -0.39 is 0 Å². The summed E-state index contributed by atoms with van der Waals surface area (Å²) >= 11 is 0. The zero-order valence-corrected chi connectivity index (χ0v) is 19.2. The first kappa shape index (κ1) is 20.6. The lowest BCUT2D eigenvalue weighted by Gasteiger charge is -2.55. The number of para-hydroxylation sites is 1.